The number of ether oxygens (including phenoxy) is 1. The minimum Gasteiger partial charge on any atom is -0.491 e. The summed E-state index contributed by atoms with van der Waals surface area (Å²) in [5.41, 5.74) is 3.80. The summed E-state index contributed by atoms with van der Waals surface area (Å²) in [7, 11) is 0. The smallest absolute Gasteiger partial charge is 0.194 e. The zero-order valence-electron chi connectivity index (χ0n) is 15.1. The van der Waals surface area contributed by atoms with Crippen molar-refractivity contribution >= 4 is 16.7 Å². The van der Waals surface area contributed by atoms with E-state index in [0.717, 1.165) is 22.2 Å². The van der Waals surface area contributed by atoms with Crippen LogP contribution in [0.1, 0.15) is 15.9 Å². The minimum atomic E-state index is -0.730. The van der Waals surface area contributed by atoms with E-state index in [1.807, 2.05) is 72.8 Å². The molecule has 0 saturated heterocycles. The van der Waals surface area contributed by atoms with Gasteiger partial charge in [0.25, 0.3) is 0 Å². The number of benzene rings is 3. The van der Waals surface area contributed by atoms with Crippen molar-refractivity contribution in [2.45, 2.75) is 12.6 Å². The normalized spacial score (nSPS) is 13.4. The number of carbonyl (C=O) groups is 1. The van der Waals surface area contributed by atoms with E-state index in [-0.39, 0.29) is 18.9 Å². The van der Waals surface area contributed by atoms with Crippen molar-refractivity contribution in [3.8, 4) is 17.0 Å². The van der Waals surface area contributed by atoms with Gasteiger partial charge >= 0.3 is 0 Å². The number of fused-ring (bicyclic) bond motifs is 2. The van der Waals surface area contributed by atoms with E-state index in [9.17, 15) is 9.90 Å². The third-order valence-corrected chi connectivity index (χ3v) is 5.02. The fourth-order valence-corrected chi connectivity index (χ4v) is 3.74. The van der Waals surface area contributed by atoms with Crippen LogP contribution >= 0.6 is 0 Å². The van der Waals surface area contributed by atoms with Crippen LogP contribution < -0.4 is 4.74 Å². The number of aliphatic hydroxyl groups is 1. The Morgan fingerprint density at radius 3 is 2.43 bits per heavy atom. The number of rotatable bonds is 5. The molecule has 0 amide bonds. The largest absolute Gasteiger partial charge is 0.491 e. The maximum atomic E-state index is 12.9. The van der Waals surface area contributed by atoms with Crippen LogP contribution in [0.15, 0.2) is 72.8 Å². The van der Waals surface area contributed by atoms with Crippen molar-refractivity contribution in [2.75, 3.05) is 6.61 Å². The van der Waals surface area contributed by atoms with E-state index in [1.165, 1.54) is 0 Å². The summed E-state index contributed by atoms with van der Waals surface area (Å²) in [5, 5.41) is 16.1. The van der Waals surface area contributed by atoms with Gasteiger partial charge < -0.3 is 9.84 Å². The van der Waals surface area contributed by atoms with Crippen molar-refractivity contribution in [3.63, 3.8) is 0 Å². The molecule has 138 valence electrons. The molecule has 1 heterocycles. The van der Waals surface area contributed by atoms with Crippen LogP contribution in [0.3, 0.4) is 0 Å². The Morgan fingerprint density at radius 2 is 1.61 bits per heavy atom. The lowest BCUT2D eigenvalue weighted by atomic mass is 9.87. The lowest BCUT2D eigenvalue weighted by Gasteiger charge is -2.14. The zero-order valence-corrected chi connectivity index (χ0v) is 15.1. The minimum absolute atomic E-state index is 0.0150. The summed E-state index contributed by atoms with van der Waals surface area (Å²) in [5.74, 6) is 0.730. The number of ketones is 1. The fourth-order valence-electron chi connectivity index (χ4n) is 3.74. The van der Waals surface area contributed by atoms with E-state index in [4.69, 9.17) is 9.84 Å². The molecular formula is C23H18N2O3. The molecular weight excluding hydrogens is 352 g/mol. The van der Waals surface area contributed by atoms with Gasteiger partial charge in [-0.2, -0.15) is 5.10 Å². The number of para-hydroxylation sites is 1. The predicted molar refractivity (Wildman–Crippen MR) is 107 cm³/mol. The highest BCUT2D eigenvalue weighted by Crippen LogP contribution is 2.38. The molecule has 3 aromatic carbocycles. The Morgan fingerprint density at radius 1 is 0.893 bits per heavy atom. The van der Waals surface area contributed by atoms with Crippen LogP contribution in [-0.4, -0.2) is 33.4 Å². The van der Waals surface area contributed by atoms with E-state index in [2.05, 4.69) is 0 Å². The summed E-state index contributed by atoms with van der Waals surface area (Å²) in [4.78, 5) is 12.9. The molecule has 0 aliphatic heterocycles. The van der Waals surface area contributed by atoms with Crippen LogP contribution in [0.5, 0.6) is 5.75 Å². The zero-order chi connectivity index (χ0) is 19.1. The molecule has 28 heavy (non-hydrogen) atoms. The van der Waals surface area contributed by atoms with E-state index in [0.29, 0.717) is 16.9 Å². The number of carbonyl (C=O) groups excluding carboxylic acids is 1. The highest BCUT2D eigenvalue weighted by Gasteiger charge is 2.28. The Hall–Kier alpha value is -3.44. The Kier molecular flexibility index (Phi) is 3.95. The molecule has 1 aliphatic carbocycles. The first kappa shape index (κ1) is 16.7. The van der Waals surface area contributed by atoms with Gasteiger partial charge in [0.15, 0.2) is 5.78 Å². The molecule has 5 heteroatoms. The molecule has 0 fully saturated rings. The summed E-state index contributed by atoms with van der Waals surface area (Å²) in [6, 6.07) is 22.6. The number of hydrogen-bond donors (Lipinski definition) is 1. The van der Waals surface area contributed by atoms with Crippen LogP contribution in [-0.2, 0) is 6.54 Å². The molecule has 5 nitrogen and oxygen atoms in total. The van der Waals surface area contributed by atoms with Crippen LogP contribution in [0.4, 0.5) is 0 Å². The Labute approximate surface area is 161 Å². The first-order valence-corrected chi connectivity index (χ1v) is 9.22. The predicted octanol–water partition coefficient (Wildman–Crippen LogP) is 3.69. The number of nitrogens with zero attached hydrogens (tertiary/aromatic N) is 2. The van der Waals surface area contributed by atoms with Gasteiger partial charge in [0, 0.05) is 22.1 Å². The molecule has 1 N–H and O–H groups in total. The Balaban J connectivity index is 1.49. The van der Waals surface area contributed by atoms with Gasteiger partial charge in [-0.15, -0.1) is 0 Å². The van der Waals surface area contributed by atoms with Gasteiger partial charge in [0.05, 0.1) is 12.1 Å². The molecule has 1 atom stereocenters. The van der Waals surface area contributed by atoms with E-state index < -0.39 is 6.10 Å². The van der Waals surface area contributed by atoms with Crippen molar-refractivity contribution in [2.24, 2.45) is 0 Å². The fraction of sp³-hybridized carbons (Fsp3) is 0.130. The van der Waals surface area contributed by atoms with Gasteiger partial charge in [0.2, 0.25) is 0 Å². The monoisotopic (exact) mass is 370 g/mol. The molecule has 0 bridgehead atoms. The summed E-state index contributed by atoms with van der Waals surface area (Å²) >= 11 is 0. The van der Waals surface area contributed by atoms with Crippen molar-refractivity contribution in [3.05, 3.63) is 83.9 Å². The molecule has 0 unspecified atom stereocenters. The topological polar surface area (TPSA) is 64.4 Å². The van der Waals surface area contributed by atoms with Gasteiger partial charge in [0.1, 0.15) is 24.2 Å². The van der Waals surface area contributed by atoms with Crippen molar-refractivity contribution in [1.29, 1.82) is 0 Å². The first-order chi connectivity index (χ1) is 13.7. The molecule has 0 saturated carbocycles. The van der Waals surface area contributed by atoms with Crippen LogP contribution in [0.25, 0.3) is 22.2 Å². The average Bonchev–Trinajstić information content (AvgIpc) is 3.10. The lowest BCUT2D eigenvalue weighted by molar-refractivity contribution is 0.0905. The molecule has 1 aromatic heterocycles. The van der Waals surface area contributed by atoms with Gasteiger partial charge in [-0.25, -0.2) is 0 Å². The van der Waals surface area contributed by atoms with Gasteiger partial charge in [-0.3, -0.25) is 9.48 Å². The number of aromatic nitrogens is 2. The molecule has 1 aliphatic rings. The summed E-state index contributed by atoms with van der Waals surface area (Å²) in [6.45, 7) is 0.444. The van der Waals surface area contributed by atoms with E-state index >= 15 is 0 Å². The first-order valence-electron chi connectivity index (χ1n) is 9.22. The quantitative estimate of drug-likeness (QED) is 0.512. The van der Waals surface area contributed by atoms with Crippen LogP contribution in [0.2, 0.25) is 0 Å². The maximum absolute atomic E-state index is 12.9. The lowest BCUT2D eigenvalue weighted by Crippen LogP contribution is -2.24. The third kappa shape index (κ3) is 2.68. The molecule has 0 radical (unpaired) electrons. The standard InChI is InChI=1S/C23H18N2O3/c26-15(14-28-16-7-2-1-3-8-16)13-25-20-12-6-11-19-21(20)22(24-25)17-9-4-5-10-18(17)23(19)27/h1-12,15,26H,13-14H2/t15-/m0/s1. The SMILES string of the molecule is O=C1c2ccccc2-c2nn(C[C@H](O)COc3ccccc3)c3cccc1c23. The third-order valence-electron chi connectivity index (χ3n) is 5.02. The summed E-state index contributed by atoms with van der Waals surface area (Å²) < 4.78 is 7.42. The van der Waals surface area contributed by atoms with Crippen LogP contribution in [0, 0.1) is 0 Å². The summed E-state index contributed by atoms with van der Waals surface area (Å²) in [6.07, 6.45) is -0.730. The second-order valence-electron chi connectivity index (χ2n) is 6.88. The van der Waals surface area contributed by atoms with Crippen molar-refractivity contribution < 1.29 is 14.6 Å². The highest BCUT2D eigenvalue weighted by atomic mass is 16.5. The van der Waals surface area contributed by atoms with E-state index in [1.54, 1.807) is 4.68 Å². The Bertz CT molecular complexity index is 1180. The number of hydrogen-bond acceptors (Lipinski definition) is 4. The average molecular weight is 370 g/mol. The highest BCUT2D eigenvalue weighted by molar-refractivity contribution is 6.25. The molecule has 4 aromatic rings. The van der Waals surface area contributed by atoms with Gasteiger partial charge in [-0.05, 0) is 18.2 Å². The molecule has 5 rings (SSSR count). The number of aliphatic hydroxyl groups excluding tert-OH is 1. The second kappa shape index (κ2) is 6.62. The second-order valence-corrected chi connectivity index (χ2v) is 6.88. The van der Waals surface area contributed by atoms with Crippen molar-refractivity contribution in [1.82, 2.24) is 9.78 Å². The van der Waals surface area contributed by atoms with Gasteiger partial charge in [-0.1, -0.05) is 54.6 Å². The maximum Gasteiger partial charge on any atom is 0.194 e. The molecule has 0 spiro atoms.